The molecule has 2 aromatic carbocycles. The van der Waals surface area contributed by atoms with Gasteiger partial charge in [-0.05, 0) is 49.1 Å². The van der Waals surface area contributed by atoms with Crippen LogP contribution in [0.3, 0.4) is 0 Å². The molecule has 2 aliphatic heterocycles. The van der Waals surface area contributed by atoms with E-state index in [9.17, 15) is 14.4 Å². The second-order valence-electron chi connectivity index (χ2n) is 14.0. The highest BCUT2D eigenvalue weighted by atomic mass is 79.9. The first-order valence-electron chi connectivity index (χ1n) is 15.2. The maximum absolute atomic E-state index is 13.4. The zero-order chi connectivity index (χ0) is 30.5. The van der Waals surface area contributed by atoms with Gasteiger partial charge in [-0.25, -0.2) is 5.06 Å². The maximum Gasteiger partial charge on any atom is 0.261 e. The first kappa shape index (κ1) is 37.9. The van der Waals surface area contributed by atoms with E-state index < -0.39 is 0 Å². The molecule has 44 heavy (non-hydrogen) atoms. The molecule has 0 saturated carbocycles. The summed E-state index contributed by atoms with van der Waals surface area (Å²) in [7, 11) is 8.89. The summed E-state index contributed by atoms with van der Waals surface area (Å²) in [5, 5.41) is 3.07. The summed E-state index contributed by atoms with van der Waals surface area (Å²) >= 11 is 0. The van der Waals surface area contributed by atoms with Gasteiger partial charge in [0.2, 0.25) is 5.91 Å². The minimum atomic E-state index is -0.230. The Morgan fingerprint density at radius 3 is 1.93 bits per heavy atom. The Labute approximate surface area is 284 Å². The van der Waals surface area contributed by atoms with Crippen molar-refractivity contribution < 1.29 is 62.2 Å². The van der Waals surface area contributed by atoms with Gasteiger partial charge in [0.05, 0.1) is 60.9 Å². The van der Waals surface area contributed by atoms with Crippen LogP contribution in [-0.2, 0) is 9.63 Å². The van der Waals surface area contributed by atoms with Gasteiger partial charge in [-0.3, -0.25) is 24.1 Å². The van der Waals surface area contributed by atoms with Gasteiger partial charge in [-0.2, -0.15) is 0 Å². The number of hydroxylamine groups is 2. The number of quaternary nitrogens is 2. The number of amides is 3. The second kappa shape index (κ2) is 15.8. The van der Waals surface area contributed by atoms with Crippen molar-refractivity contribution in [1.29, 1.82) is 0 Å². The summed E-state index contributed by atoms with van der Waals surface area (Å²) in [5.74, 6) is 5.92. The van der Waals surface area contributed by atoms with Crippen molar-refractivity contribution in [2.24, 2.45) is 5.41 Å². The summed E-state index contributed by atoms with van der Waals surface area (Å²) in [4.78, 5) is 45.1. The van der Waals surface area contributed by atoms with E-state index in [0.29, 0.717) is 37.2 Å². The van der Waals surface area contributed by atoms with Crippen molar-refractivity contribution >= 4 is 28.5 Å². The largest absolute Gasteiger partial charge is 1.00 e. The molecule has 0 spiro atoms. The topological polar surface area (TPSA) is 66.9 Å². The normalized spacial score (nSPS) is 15.2. The van der Waals surface area contributed by atoms with Gasteiger partial charge >= 0.3 is 0 Å². The Morgan fingerprint density at radius 1 is 0.818 bits per heavy atom. The molecule has 4 rings (SSSR count). The van der Waals surface area contributed by atoms with E-state index in [1.165, 1.54) is 22.8 Å². The zero-order valence-corrected chi connectivity index (χ0v) is 30.3. The highest BCUT2D eigenvalue weighted by Crippen LogP contribution is 2.32. The molecular formula is C34H48Br2N4O4. The first-order valence-corrected chi connectivity index (χ1v) is 15.2. The summed E-state index contributed by atoms with van der Waals surface area (Å²) in [5.41, 5.74) is 1.01. The van der Waals surface area contributed by atoms with E-state index in [-0.39, 0.29) is 57.1 Å². The lowest BCUT2D eigenvalue weighted by Gasteiger charge is -2.40. The molecule has 2 aromatic rings. The van der Waals surface area contributed by atoms with Crippen LogP contribution in [0, 0.1) is 17.3 Å². The van der Waals surface area contributed by atoms with Crippen LogP contribution in [0.15, 0.2) is 36.4 Å². The van der Waals surface area contributed by atoms with Crippen LogP contribution in [0.4, 0.5) is 0 Å². The lowest BCUT2D eigenvalue weighted by atomic mass is 9.88. The van der Waals surface area contributed by atoms with Gasteiger partial charge in [0.25, 0.3) is 11.8 Å². The minimum absolute atomic E-state index is 0. The lowest BCUT2D eigenvalue weighted by Crippen LogP contribution is -3.00. The van der Waals surface area contributed by atoms with Crippen LogP contribution >= 0.6 is 0 Å². The SMILES string of the molecule is CC(C)(CN1C(=O)c2cccc3cccc(c23)C1=O)C[N+](C)(C)CCCCCC[N+](C)(C)CC#CCN1OCCC1=O.[Br-].[Br-]. The number of hydrogen-bond acceptors (Lipinski definition) is 4. The van der Waals surface area contributed by atoms with E-state index >= 15 is 0 Å². The molecule has 10 heteroatoms. The molecule has 2 heterocycles. The van der Waals surface area contributed by atoms with Crippen molar-refractivity contribution in [3.05, 3.63) is 47.5 Å². The Bertz CT molecular complexity index is 1350. The molecule has 0 radical (unpaired) electrons. The zero-order valence-electron chi connectivity index (χ0n) is 27.1. The summed E-state index contributed by atoms with van der Waals surface area (Å²) in [6.45, 7) is 9.26. The van der Waals surface area contributed by atoms with E-state index in [4.69, 9.17) is 4.84 Å². The quantitative estimate of drug-likeness (QED) is 0.107. The number of rotatable bonds is 13. The van der Waals surface area contributed by atoms with Gasteiger partial charge in [-0.15, -0.1) is 0 Å². The first-order chi connectivity index (χ1) is 19.8. The van der Waals surface area contributed by atoms with Crippen LogP contribution in [0.5, 0.6) is 0 Å². The van der Waals surface area contributed by atoms with Crippen LogP contribution in [0.25, 0.3) is 10.8 Å². The molecule has 1 saturated heterocycles. The maximum atomic E-state index is 13.4. The standard InChI is InChI=1S/C34H48N4O4.2BrH/c1-34(2,25-35-32(40)28-17-13-15-27-16-14-18-29(31(27)28)33(35)41)26-38(5,6)23-11-8-7-10-21-37(3,4)22-12-9-20-36-30(39)19-24-42-36;;/h13-18H,7-8,10-11,19-26H2,1-6H3;2*1H/q+2;;/p-2. The smallest absolute Gasteiger partial charge is 0.261 e. The molecule has 0 aromatic heterocycles. The number of halogens is 2. The summed E-state index contributed by atoms with van der Waals surface area (Å²) in [6.07, 6.45) is 5.08. The average molecular weight is 737 g/mol. The molecule has 8 nitrogen and oxygen atoms in total. The van der Waals surface area contributed by atoms with Crippen molar-refractivity contribution in [3.63, 3.8) is 0 Å². The fourth-order valence-corrected chi connectivity index (χ4v) is 6.42. The van der Waals surface area contributed by atoms with Gasteiger partial charge in [0.1, 0.15) is 13.1 Å². The summed E-state index contributed by atoms with van der Waals surface area (Å²) < 4.78 is 1.68. The predicted octanol–water partition coefficient (Wildman–Crippen LogP) is -1.65. The van der Waals surface area contributed by atoms with Crippen molar-refractivity contribution in [1.82, 2.24) is 9.96 Å². The molecule has 1 fully saturated rings. The third-order valence-electron chi connectivity index (χ3n) is 8.27. The average Bonchev–Trinajstić information content (AvgIpc) is 3.33. The van der Waals surface area contributed by atoms with Crippen LogP contribution in [0.2, 0.25) is 0 Å². The van der Waals surface area contributed by atoms with Crippen LogP contribution in [0.1, 0.15) is 66.7 Å². The molecular weight excluding hydrogens is 688 g/mol. The highest BCUT2D eigenvalue weighted by Gasteiger charge is 2.38. The van der Waals surface area contributed by atoms with Crippen molar-refractivity contribution in [3.8, 4) is 11.8 Å². The number of unbranched alkanes of at least 4 members (excludes halogenated alkanes) is 3. The van der Waals surface area contributed by atoms with E-state index in [0.717, 1.165) is 58.8 Å². The monoisotopic (exact) mass is 734 g/mol. The molecule has 3 amide bonds. The molecule has 0 aliphatic carbocycles. The fraction of sp³-hybridized carbons (Fsp3) is 0.559. The van der Waals surface area contributed by atoms with Crippen LogP contribution < -0.4 is 34.0 Å². The number of benzene rings is 2. The van der Waals surface area contributed by atoms with Crippen LogP contribution in [-0.4, -0.2) is 111 Å². The van der Waals surface area contributed by atoms with Gasteiger partial charge < -0.3 is 42.9 Å². The Kier molecular flexibility index (Phi) is 13.6. The van der Waals surface area contributed by atoms with Crippen molar-refractivity contribution in [2.45, 2.75) is 46.0 Å². The van der Waals surface area contributed by atoms with Gasteiger partial charge in [0.15, 0.2) is 0 Å². The molecule has 0 unspecified atom stereocenters. The third-order valence-corrected chi connectivity index (χ3v) is 8.27. The van der Waals surface area contributed by atoms with Gasteiger partial charge in [-0.1, -0.05) is 44.0 Å². The van der Waals surface area contributed by atoms with Gasteiger partial charge in [0, 0.05) is 28.5 Å². The summed E-state index contributed by atoms with van der Waals surface area (Å²) in [6, 6.07) is 11.4. The Balaban J connectivity index is 0.00000337. The third kappa shape index (κ3) is 9.85. The molecule has 2 aliphatic rings. The predicted molar refractivity (Wildman–Crippen MR) is 165 cm³/mol. The van der Waals surface area contributed by atoms with E-state index in [1.54, 1.807) is 0 Å². The number of carbonyl (C=O) groups is 3. The van der Waals surface area contributed by atoms with Crippen molar-refractivity contribution in [2.75, 3.05) is 74.1 Å². The minimum Gasteiger partial charge on any atom is -1.00 e. The van der Waals surface area contributed by atoms with E-state index in [1.807, 2.05) is 36.4 Å². The highest BCUT2D eigenvalue weighted by molar-refractivity contribution is 6.25. The molecule has 0 atom stereocenters. The number of imide groups is 1. The lowest BCUT2D eigenvalue weighted by molar-refractivity contribution is -0.896. The number of nitrogens with zero attached hydrogens (tertiary/aromatic N) is 4. The Hall–Kier alpha value is -2.29. The molecule has 0 N–H and O–H groups in total. The van der Waals surface area contributed by atoms with E-state index in [2.05, 4.69) is 53.9 Å². The second-order valence-corrected chi connectivity index (χ2v) is 14.0. The molecule has 242 valence electrons. The number of carbonyl (C=O) groups excluding carboxylic acids is 3. The Morgan fingerprint density at radius 2 is 1.39 bits per heavy atom. The molecule has 0 bridgehead atoms. The fourth-order valence-electron chi connectivity index (χ4n) is 6.42. The number of hydrogen-bond donors (Lipinski definition) is 0.